The molecular weight excluding hydrogens is 242 g/mol. The van der Waals surface area contributed by atoms with Crippen molar-refractivity contribution >= 4 is 17.5 Å². The number of anilines is 1. The number of benzene rings is 1. The number of likely N-dealkylation sites (N-methyl/N-ethyl adjacent to an activating group) is 1. The van der Waals surface area contributed by atoms with Gasteiger partial charge in [-0.25, -0.2) is 0 Å². The van der Waals surface area contributed by atoms with Gasteiger partial charge in [-0.2, -0.15) is 0 Å². The monoisotopic (exact) mass is 263 g/mol. The van der Waals surface area contributed by atoms with Gasteiger partial charge < -0.3 is 16.0 Å². The molecule has 1 aromatic carbocycles. The van der Waals surface area contributed by atoms with Crippen LogP contribution in [-0.2, 0) is 16.0 Å². The van der Waals surface area contributed by atoms with E-state index in [1.165, 1.54) is 0 Å². The van der Waals surface area contributed by atoms with Crippen molar-refractivity contribution in [2.45, 2.75) is 19.8 Å². The molecular formula is C14H21N3O2. The Morgan fingerprint density at radius 3 is 2.74 bits per heavy atom. The summed E-state index contributed by atoms with van der Waals surface area (Å²) in [4.78, 5) is 24.7. The number of hydrogen-bond donors (Lipinski definition) is 2. The SMILES string of the molecule is CCN(C)C(=O)CNC(=O)CCc1cccc(N)c1. The molecule has 0 atom stereocenters. The first kappa shape index (κ1) is 15.0. The molecule has 0 aliphatic carbocycles. The fourth-order valence-electron chi connectivity index (χ4n) is 1.58. The second-order valence-electron chi connectivity index (χ2n) is 4.43. The van der Waals surface area contributed by atoms with Gasteiger partial charge in [0.1, 0.15) is 0 Å². The number of carbonyl (C=O) groups is 2. The number of nitrogens with two attached hydrogens (primary N) is 1. The molecule has 0 fully saturated rings. The topological polar surface area (TPSA) is 75.4 Å². The van der Waals surface area contributed by atoms with E-state index in [1.807, 2.05) is 31.2 Å². The van der Waals surface area contributed by atoms with Gasteiger partial charge in [-0.1, -0.05) is 12.1 Å². The van der Waals surface area contributed by atoms with Gasteiger partial charge in [-0.15, -0.1) is 0 Å². The molecule has 1 aromatic rings. The van der Waals surface area contributed by atoms with Crippen LogP contribution >= 0.6 is 0 Å². The van der Waals surface area contributed by atoms with Crippen LogP contribution in [0, 0.1) is 0 Å². The lowest BCUT2D eigenvalue weighted by atomic mass is 10.1. The number of nitrogens with one attached hydrogen (secondary N) is 1. The van der Waals surface area contributed by atoms with Crippen LogP contribution < -0.4 is 11.1 Å². The molecule has 0 unspecified atom stereocenters. The molecule has 5 nitrogen and oxygen atoms in total. The molecule has 3 N–H and O–H groups in total. The van der Waals surface area contributed by atoms with Gasteiger partial charge in [-0.3, -0.25) is 9.59 Å². The van der Waals surface area contributed by atoms with Crippen molar-refractivity contribution in [3.63, 3.8) is 0 Å². The van der Waals surface area contributed by atoms with E-state index in [-0.39, 0.29) is 18.4 Å². The van der Waals surface area contributed by atoms with E-state index in [1.54, 1.807) is 11.9 Å². The molecule has 0 bridgehead atoms. The smallest absolute Gasteiger partial charge is 0.241 e. The molecule has 0 radical (unpaired) electrons. The summed E-state index contributed by atoms with van der Waals surface area (Å²) in [6, 6.07) is 7.45. The number of amides is 2. The van der Waals surface area contributed by atoms with Crippen LogP contribution in [0.2, 0.25) is 0 Å². The van der Waals surface area contributed by atoms with Gasteiger partial charge in [0.2, 0.25) is 11.8 Å². The minimum atomic E-state index is -0.125. The van der Waals surface area contributed by atoms with Crippen molar-refractivity contribution in [2.75, 3.05) is 25.9 Å². The quantitative estimate of drug-likeness (QED) is 0.745. The van der Waals surface area contributed by atoms with Gasteiger partial charge in [0.05, 0.1) is 6.54 Å². The predicted octanol–water partition coefficient (Wildman–Crippen LogP) is 0.796. The maximum absolute atomic E-state index is 11.6. The van der Waals surface area contributed by atoms with Crippen LogP contribution in [0.5, 0.6) is 0 Å². The maximum Gasteiger partial charge on any atom is 0.241 e. The van der Waals surface area contributed by atoms with E-state index in [2.05, 4.69) is 5.32 Å². The standard InChI is InChI=1S/C14H21N3O2/c1-3-17(2)14(19)10-16-13(18)8-7-11-5-4-6-12(15)9-11/h4-6,9H,3,7-8,10,15H2,1-2H3,(H,16,18). The van der Waals surface area contributed by atoms with Gasteiger partial charge in [0, 0.05) is 25.7 Å². The van der Waals surface area contributed by atoms with E-state index in [0.717, 1.165) is 5.56 Å². The first-order valence-electron chi connectivity index (χ1n) is 6.38. The first-order valence-corrected chi connectivity index (χ1v) is 6.38. The van der Waals surface area contributed by atoms with Crippen molar-refractivity contribution in [3.8, 4) is 0 Å². The lowest BCUT2D eigenvalue weighted by Gasteiger charge is -2.14. The lowest BCUT2D eigenvalue weighted by Crippen LogP contribution is -2.38. The molecule has 1 rings (SSSR count). The Morgan fingerprint density at radius 1 is 1.37 bits per heavy atom. The van der Waals surface area contributed by atoms with E-state index < -0.39 is 0 Å². The van der Waals surface area contributed by atoms with Crippen LogP contribution in [0.1, 0.15) is 18.9 Å². The van der Waals surface area contributed by atoms with Gasteiger partial charge in [0.25, 0.3) is 0 Å². The molecule has 0 heterocycles. The zero-order valence-corrected chi connectivity index (χ0v) is 11.5. The molecule has 0 aliphatic rings. The Bertz CT molecular complexity index is 446. The van der Waals surface area contributed by atoms with E-state index in [0.29, 0.717) is 25.1 Å². The zero-order valence-electron chi connectivity index (χ0n) is 11.5. The van der Waals surface area contributed by atoms with Crippen molar-refractivity contribution in [3.05, 3.63) is 29.8 Å². The Balaban J connectivity index is 2.30. The molecule has 0 saturated carbocycles. The predicted molar refractivity (Wildman–Crippen MR) is 75.5 cm³/mol. The minimum absolute atomic E-state index is 0.0557. The summed E-state index contributed by atoms with van der Waals surface area (Å²) in [6.07, 6.45) is 0.973. The Kier molecular flexibility index (Phi) is 5.85. The number of hydrogen-bond acceptors (Lipinski definition) is 3. The average molecular weight is 263 g/mol. The lowest BCUT2D eigenvalue weighted by molar-refractivity contribution is -0.131. The zero-order chi connectivity index (χ0) is 14.3. The summed E-state index contributed by atoms with van der Waals surface area (Å²) >= 11 is 0. The fourth-order valence-corrected chi connectivity index (χ4v) is 1.58. The molecule has 0 aromatic heterocycles. The molecule has 5 heteroatoms. The van der Waals surface area contributed by atoms with Crippen molar-refractivity contribution in [2.24, 2.45) is 0 Å². The highest BCUT2D eigenvalue weighted by Gasteiger charge is 2.08. The third-order valence-corrected chi connectivity index (χ3v) is 2.93. The van der Waals surface area contributed by atoms with Crippen LogP contribution in [-0.4, -0.2) is 36.9 Å². The summed E-state index contributed by atoms with van der Waals surface area (Å²) in [5.41, 5.74) is 7.37. The third kappa shape index (κ3) is 5.42. The summed E-state index contributed by atoms with van der Waals surface area (Å²) in [7, 11) is 1.71. The van der Waals surface area contributed by atoms with Crippen LogP contribution in [0.15, 0.2) is 24.3 Å². The number of carbonyl (C=O) groups excluding carboxylic acids is 2. The fraction of sp³-hybridized carbons (Fsp3) is 0.429. The second kappa shape index (κ2) is 7.41. The average Bonchev–Trinajstić information content (AvgIpc) is 2.41. The van der Waals surface area contributed by atoms with Crippen LogP contribution in [0.4, 0.5) is 5.69 Å². The Labute approximate surface area is 113 Å². The number of nitrogen functional groups attached to an aromatic ring is 1. The summed E-state index contributed by atoms with van der Waals surface area (Å²) in [5, 5.41) is 2.62. The number of aryl methyl sites for hydroxylation is 1. The number of nitrogens with zero attached hydrogens (tertiary/aromatic N) is 1. The van der Waals surface area contributed by atoms with Crippen LogP contribution in [0.25, 0.3) is 0 Å². The highest BCUT2D eigenvalue weighted by molar-refractivity contribution is 5.84. The third-order valence-electron chi connectivity index (χ3n) is 2.93. The summed E-state index contributed by atoms with van der Waals surface area (Å²) < 4.78 is 0. The second-order valence-corrected chi connectivity index (χ2v) is 4.43. The molecule has 0 saturated heterocycles. The molecule has 19 heavy (non-hydrogen) atoms. The first-order chi connectivity index (χ1) is 9.02. The van der Waals surface area contributed by atoms with E-state index in [9.17, 15) is 9.59 Å². The molecule has 104 valence electrons. The van der Waals surface area contributed by atoms with Crippen LogP contribution in [0.3, 0.4) is 0 Å². The summed E-state index contributed by atoms with van der Waals surface area (Å²) in [5.74, 6) is -0.208. The van der Waals surface area contributed by atoms with Crippen molar-refractivity contribution in [1.82, 2.24) is 10.2 Å². The van der Waals surface area contributed by atoms with Gasteiger partial charge >= 0.3 is 0 Å². The minimum Gasteiger partial charge on any atom is -0.399 e. The molecule has 0 aliphatic heterocycles. The van der Waals surface area contributed by atoms with E-state index >= 15 is 0 Å². The maximum atomic E-state index is 11.6. The highest BCUT2D eigenvalue weighted by Crippen LogP contribution is 2.08. The Morgan fingerprint density at radius 2 is 2.11 bits per heavy atom. The van der Waals surface area contributed by atoms with Gasteiger partial charge in [0.15, 0.2) is 0 Å². The normalized spacial score (nSPS) is 10.0. The summed E-state index contributed by atoms with van der Waals surface area (Å²) in [6.45, 7) is 2.58. The highest BCUT2D eigenvalue weighted by atomic mass is 16.2. The largest absolute Gasteiger partial charge is 0.399 e. The van der Waals surface area contributed by atoms with E-state index in [4.69, 9.17) is 5.73 Å². The van der Waals surface area contributed by atoms with Gasteiger partial charge in [-0.05, 0) is 31.0 Å². The van der Waals surface area contributed by atoms with Crippen molar-refractivity contribution in [1.29, 1.82) is 0 Å². The number of rotatable bonds is 6. The van der Waals surface area contributed by atoms with Crippen molar-refractivity contribution < 1.29 is 9.59 Å². The molecule has 0 spiro atoms. The molecule has 2 amide bonds. The Hall–Kier alpha value is -2.04.